The molecule has 165 valence electrons. The molecule has 1 aliphatic rings. The fourth-order valence-corrected chi connectivity index (χ4v) is 3.38. The standard InChI is InChI=1S/C22H23F4N4O/c1-29(2)12-16-10-11-28-30(13-18-19(23)4-3-5-20(18)24)22(16,31-14-21(25)26)15-6-8-17(27)9-7-15/h3-12,21H,13-14,27H2,1-2H3. The lowest BCUT2D eigenvalue weighted by molar-refractivity contribution is -0.166. The van der Waals surface area contributed by atoms with Gasteiger partial charge in [-0.25, -0.2) is 17.6 Å². The number of rotatable bonds is 8. The zero-order chi connectivity index (χ0) is 22.6. The first kappa shape index (κ1) is 22.8. The van der Waals surface area contributed by atoms with Gasteiger partial charge in [0.05, 0.1) is 13.1 Å². The second-order valence-electron chi connectivity index (χ2n) is 7.21. The predicted octanol–water partition coefficient (Wildman–Crippen LogP) is 4.13. The molecule has 0 fully saturated rings. The van der Waals surface area contributed by atoms with Gasteiger partial charge in [-0.3, -0.25) is 5.01 Å². The number of nitrogen functional groups attached to an aromatic ring is 1. The third kappa shape index (κ3) is 4.88. The van der Waals surface area contributed by atoms with Crippen LogP contribution in [0.4, 0.5) is 23.2 Å². The third-order valence-electron chi connectivity index (χ3n) is 4.70. The molecule has 0 saturated heterocycles. The summed E-state index contributed by atoms with van der Waals surface area (Å²) in [6.07, 6.45) is 0.259. The molecule has 2 aromatic rings. The molecule has 1 atom stereocenters. The first-order valence-corrected chi connectivity index (χ1v) is 9.48. The Bertz CT molecular complexity index is 942. The number of halogens is 4. The molecule has 1 unspecified atom stereocenters. The van der Waals surface area contributed by atoms with Crippen LogP contribution in [-0.2, 0) is 17.0 Å². The number of likely N-dealkylation sites (N-methyl/N-ethyl adjacent to an activating group) is 1. The van der Waals surface area contributed by atoms with Crippen molar-refractivity contribution >= 4 is 11.9 Å². The van der Waals surface area contributed by atoms with Crippen molar-refractivity contribution in [3.63, 3.8) is 0 Å². The molecule has 3 rings (SSSR count). The normalized spacial score (nSPS) is 18.7. The van der Waals surface area contributed by atoms with Crippen LogP contribution in [0, 0.1) is 18.2 Å². The van der Waals surface area contributed by atoms with Gasteiger partial charge in [-0.1, -0.05) is 18.2 Å². The highest BCUT2D eigenvalue weighted by molar-refractivity contribution is 5.75. The SMILES string of the molecule is CN(C)[CH]C1=CC=NN(Cc2c(F)cccc2F)C1(OCC(F)F)c1ccc(N)cc1. The van der Waals surface area contributed by atoms with Crippen LogP contribution in [0.5, 0.6) is 0 Å². The Hall–Kier alpha value is -2.91. The van der Waals surface area contributed by atoms with E-state index in [0.29, 0.717) is 16.8 Å². The Kier molecular flexibility index (Phi) is 6.97. The highest BCUT2D eigenvalue weighted by Crippen LogP contribution is 2.42. The molecule has 0 bridgehead atoms. The summed E-state index contributed by atoms with van der Waals surface area (Å²) in [7, 11) is 3.52. The van der Waals surface area contributed by atoms with Gasteiger partial charge in [0.15, 0.2) is 0 Å². The molecule has 2 aromatic carbocycles. The molecule has 9 heteroatoms. The van der Waals surface area contributed by atoms with Crippen LogP contribution in [0.15, 0.2) is 59.2 Å². The zero-order valence-electron chi connectivity index (χ0n) is 17.1. The summed E-state index contributed by atoms with van der Waals surface area (Å²) in [6.45, 7) is 0.397. The van der Waals surface area contributed by atoms with Gasteiger partial charge in [0.2, 0.25) is 5.72 Å². The van der Waals surface area contributed by atoms with E-state index in [1.54, 1.807) is 55.9 Å². The average Bonchev–Trinajstić information content (AvgIpc) is 2.70. The maximum Gasteiger partial charge on any atom is 0.261 e. The van der Waals surface area contributed by atoms with Crippen LogP contribution in [0.2, 0.25) is 0 Å². The van der Waals surface area contributed by atoms with Crippen molar-refractivity contribution < 1.29 is 22.3 Å². The number of alkyl halides is 2. The lowest BCUT2D eigenvalue weighted by Crippen LogP contribution is -2.50. The van der Waals surface area contributed by atoms with Gasteiger partial charge in [-0.05, 0) is 44.4 Å². The van der Waals surface area contributed by atoms with E-state index >= 15 is 0 Å². The van der Waals surface area contributed by atoms with E-state index in [1.807, 2.05) is 0 Å². The van der Waals surface area contributed by atoms with Gasteiger partial charge in [0.1, 0.15) is 18.2 Å². The average molecular weight is 435 g/mol. The van der Waals surface area contributed by atoms with E-state index < -0.39 is 30.4 Å². The summed E-state index contributed by atoms with van der Waals surface area (Å²) in [5.41, 5.74) is 5.22. The number of ether oxygens (including phenoxy) is 1. The van der Waals surface area contributed by atoms with Gasteiger partial charge < -0.3 is 15.4 Å². The fraction of sp³-hybridized carbons (Fsp3) is 0.273. The quantitative estimate of drug-likeness (QED) is 0.500. The number of hydrogen-bond acceptors (Lipinski definition) is 5. The molecule has 5 nitrogen and oxygen atoms in total. The van der Waals surface area contributed by atoms with E-state index in [1.165, 1.54) is 17.3 Å². The van der Waals surface area contributed by atoms with Crippen molar-refractivity contribution in [3.8, 4) is 0 Å². The second-order valence-corrected chi connectivity index (χ2v) is 7.21. The van der Waals surface area contributed by atoms with Crippen molar-refractivity contribution in [1.82, 2.24) is 9.91 Å². The number of anilines is 1. The zero-order valence-corrected chi connectivity index (χ0v) is 17.1. The Morgan fingerprint density at radius 3 is 2.35 bits per heavy atom. The maximum absolute atomic E-state index is 14.4. The minimum absolute atomic E-state index is 0.258. The fourth-order valence-electron chi connectivity index (χ4n) is 3.38. The van der Waals surface area contributed by atoms with E-state index in [2.05, 4.69) is 5.10 Å². The van der Waals surface area contributed by atoms with Gasteiger partial charge in [-0.2, -0.15) is 5.10 Å². The molecule has 2 N–H and O–H groups in total. The first-order valence-electron chi connectivity index (χ1n) is 9.48. The lowest BCUT2D eigenvalue weighted by Gasteiger charge is -2.45. The molecule has 1 heterocycles. The molecule has 0 aliphatic carbocycles. The Labute approximate surface area is 178 Å². The molecular formula is C22H23F4N4O. The van der Waals surface area contributed by atoms with Crippen LogP contribution >= 0.6 is 0 Å². The highest BCUT2D eigenvalue weighted by Gasteiger charge is 2.46. The van der Waals surface area contributed by atoms with Gasteiger partial charge in [0.25, 0.3) is 6.43 Å². The number of hydrogen-bond donors (Lipinski definition) is 1. The largest absolute Gasteiger partial charge is 0.399 e. The topological polar surface area (TPSA) is 54.1 Å². The van der Waals surface area contributed by atoms with E-state index in [9.17, 15) is 17.6 Å². The van der Waals surface area contributed by atoms with Crippen molar-refractivity contribution in [2.75, 3.05) is 26.4 Å². The summed E-state index contributed by atoms with van der Waals surface area (Å²) < 4.78 is 61.1. The minimum Gasteiger partial charge on any atom is -0.399 e. The molecule has 1 aliphatic heterocycles. The van der Waals surface area contributed by atoms with Crippen LogP contribution in [0.1, 0.15) is 11.1 Å². The Balaban J connectivity index is 2.16. The van der Waals surface area contributed by atoms with Crippen molar-refractivity contribution in [1.29, 1.82) is 0 Å². The first-order chi connectivity index (χ1) is 14.7. The van der Waals surface area contributed by atoms with Crippen LogP contribution in [-0.4, -0.2) is 43.3 Å². The van der Waals surface area contributed by atoms with E-state index in [0.717, 1.165) is 12.1 Å². The summed E-state index contributed by atoms with van der Waals surface area (Å²) in [6, 6.07) is 9.92. The number of allylic oxidation sites excluding steroid dienone is 1. The summed E-state index contributed by atoms with van der Waals surface area (Å²) in [5.74, 6) is -1.55. The summed E-state index contributed by atoms with van der Waals surface area (Å²) in [5, 5.41) is 5.52. The molecule has 1 radical (unpaired) electrons. The lowest BCUT2D eigenvalue weighted by atomic mass is 9.90. The molecule has 0 saturated carbocycles. The second kappa shape index (κ2) is 9.49. The monoisotopic (exact) mass is 435 g/mol. The van der Waals surface area contributed by atoms with Crippen LogP contribution in [0.3, 0.4) is 0 Å². The molecule has 0 spiro atoms. The Morgan fingerprint density at radius 1 is 1.13 bits per heavy atom. The van der Waals surface area contributed by atoms with Crippen LogP contribution < -0.4 is 5.73 Å². The third-order valence-corrected chi connectivity index (χ3v) is 4.70. The van der Waals surface area contributed by atoms with Crippen molar-refractivity contribution in [3.05, 3.63) is 83.4 Å². The molecular weight excluding hydrogens is 412 g/mol. The number of hydrazone groups is 1. The number of benzene rings is 2. The molecule has 31 heavy (non-hydrogen) atoms. The molecule has 0 aromatic heterocycles. The van der Waals surface area contributed by atoms with Gasteiger partial charge in [0, 0.05) is 28.6 Å². The van der Waals surface area contributed by atoms with E-state index in [4.69, 9.17) is 10.5 Å². The van der Waals surface area contributed by atoms with E-state index in [-0.39, 0.29) is 12.1 Å². The van der Waals surface area contributed by atoms with Crippen LogP contribution in [0.25, 0.3) is 0 Å². The van der Waals surface area contributed by atoms with Crippen molar-refractivity contribution in [2.24, 2.45) is 5.10 Å². The maximum atomic E-state index is 14.4. The van der Waals surface area contributed by atoms with Gasteiger partial charge in [-0.15, -0.1) is 0 Å². The molecule has 0 amide bonds. The minimum atomic E-state index is -2.77. The van der Waals surface area contributed by atoms with Crippen molar-refractivity contribution in [2.45, 2.75) is 18.7 Å². The number of nitrogens with zero attached hydrogens (tertiary/aromatic N) is 3. The predicted molar refractivity (Wildman–Crippen MR) is 111 cm³/mol. The summed E-state index contributed by atoms with van der Waals surface area (Å²) in [4.78, 5) is 1.71. The summed E-state index contributed by atoms with van der Waals surface area (Å²) >= 11 is 0. The van der Waals surface area contributed by atoms with Gasteiger partial charge >= 0.3 is 0 Å². The highest BCUT2D eigenvalue weighted by atomic mass is 19.3. The smallest absolute Gasteiger partial charge is 0.261 e. The number of nitrogens with two attached hydrogens (primary N) is 1. The Morgan fingerprint density at radius 2 is 1.77 bits per heavy atom.